The lowest BCUT2D eigenvalue weighted by atomic mass is 9.93. The van der Waals surface area contributed by atoms with Gasteiger partial charge in [-0.2, -0.15) is 8.78 Å². The maximum absolute atomic E-state index is 12.6. The third kappa shape index (κ3) is 4.43. The molecule has 0 amide bonds. The van der Waals surface area contributed by atoms with E-state index >= 15 is 0 Å². The van der Waals surface area contributed by atoms with Gasteiger partial charge in [0.1, 0.15) is 5.75 Å². The molecule has 3 atom stereocenters. The van der Waals surface area contributed by atoms with E-state index in [1.807, 2.05) is 13.0 Å². The average Bonchev–Trinajstić information content (AvgIpc) is 3.04. The molecule has 0 bridgehead atoms. The largest absolute Gasteiger partial charge is 0.434 e. The molecule has 1 aromatic rings. The maximum atomic E-state index is 12.6. The van der Waals surface area contributed by atoms with E-state index in [0.717, 1.165) is 37.3 Å². The van der Waals surface area contributed by atoms with Crippen LogP contribution in [0.2, 0.25) is 0 Å². The van der Waals surface area contributed by atoms with Gasteiger partial charge in [0.15, 0.2) is 0 Å². The van der Waals surface area contributed by atoms with E-state index < -0.39 is 6.61 Å². The number of halogens is 2. The summed E-state index contributed by atoms with van der Waals surface area (Å²) >= 11 is 0. The number of hydrogen-bond donors (Lipinski definition) is 2. The van der Waals surface area contributed by atoms with Crippen LogP contribution < -0.4 is 15.4 Å². The number of rotatable bonds is 6. The van der Waals surface area contributed by atoms with Crippen molar-refractivity contribution in [3.05, 3.63) is 29.3 Å². The van der Waals surface area contributed by atoms with Gasteiger partial charge in [-0.15, -0.1) is 0 Å². The van der Waals surface area contributed by atoms with Gasteiger partial charge in [0.05, 0.1) is 13.2 Å². The van der Waals surface area contributed by atoms with E-state index in [2.05, 4.69) is 15.4 Å². The molecule has 0 spiro atoms. The molecule has 24 heavy (non-hydrogen) atoms. The topological polar surface area (TPSA) is 42.5 Å². The van der Waals surface area contributed by atoms with E-state index in [1.54, 1.807) is 12.1 Å². The zero-order chi connectivity index (χ0) is 16.9. The van der Waals surface area contributed by atoms with Crippen molar-refractivity contribution in [2.24, 2.45) is 5.92 Å². The van der Waals surface area contributed by atoms with Gasteiger partial charge >= 0.3 is 6.61 Å². The molecule has 6 heteroatoms. The van der Waals surface area contributed by atoms with Crippen LogP contribution in [0, 0.1) is 12.8 Å². The number of aryl methyl sites for hydroxylation is 1. The van der Waals surface area contributed by atoms with Crippen LogP contribution in [0.4, 0.5) is 8.78 Å². The lowest BCUT2D eigenvalue weighted by Gasteiger charge is -2.33. The number of morpholine rings is 1. The van der Waals surface area contributed by atoms with Crippen molar-refractivity contribution < 1.29 is 18.3 Å². The Morgan fingerprint density at radius 1 is 1.38 bits per heavy atom. The molecule has 3 rings (SSSR count). The van der Waals surface area contributed by atoms with Gasteiger partial charge in [0.25, 0.3) is 0 Å². The van der Waals surface area contributed by atoms with Crippen molar-refractivity contribution in [2.45, 2.75) is 51.4 Å². The summed E-state index contributed by atoms with van der Waals surface area (Å²) in [6.07, 6.45) is 3.47. The Kier molecular flexibility index (Phi) is 6.03. The zero-order valence-corrected chi connectivity index (χ0v) is 14.1. The van der Waals surface area contributed by atoms with Crippen molar-refractivity contribution >= 4 is 0 Å². The molecule has 4 nitrogen and oxygen atoms in total. The summed E-state index contributed by atoms with van der Waals surface area (Å²) in [5.74, 6) is 0.784. The Morgan fingerprint density at radius 2 is 2.25 bits per heavy atom. The first-order valence-electron chi connectivity index (χ1n) is 8.72. The molecule has 1 saturated carbocycles. The van der Waals surface area contributed by atoms with E-state index in [4.69, 9.17) is 4.74 Å². The van der Waals surface area contributed by atoms with Gasteiger partial charge in [0, 0.05) is 30.7 Å². The fourth-order valence-corrected chi connectivity index (χ4v) is 3.88. The van der Waals surface area contributed by atoms with Gasteiger partial charge in [0.2, 0.25) is 0 Å². The molecule has 1 aliphatic carbocycles. The molecular weight excluding hydrogens is 314 g/mol. The Labute approximate surface area is 141 Å². The van der Waals surface area contributed by atoms with Crippen molar-refractivity contribution in [2.75, 3.05) is 19.8 Å². The Hall–Kier alpha value is -1.24. The highest BCUT2D eigenvalue weighted by atomic mass is 19.3. The smallest absolute Gasteiger partial charge is 0.387 e. The van der Waals surface area contributed by atoms with E-state index in [9.17, 15) is 8.78 Å². The van der Waals surface area contributed by atoms with E-state index in [1.165, 1.54) is 12.8 Å². The molecule has 134 valence electrons. The Bertz CT molecular complexity index is 536. The van der Waals surface area contributed by atoms with Crippen LogP contribution >= 0.6 is 0 Å². The number of hydrogen-bond acceptors (Lipinski definition) is 4. The highest BCUT2D eigenvalue weighted by Gasteiger charge is 2.34. The molecule has 0 radical (unpaired) electrons. The molecule has 1 saturated heterocycles. The quantitative estimate of drug-likeness (QED) is 0.836. The van der Waals surface area contributed by atoms with E-state index in [0.29, 0.717) is 24.5 Å². The molecule has 1 aliphatic heterocycles. The number of nitrogens with one attached hydrogen (secondary N) is 2. The zero-order valence-electron chi connectivity index (χ0n) is 14.1. The summed E-state index contributed by atoms with van der Waals surface area (Å²) in [4.78, 5) is 0. The van der Waals surface area contributed by atoms with Crippen molar-refractivity contribution in [1.29, 1.82) is 0 Å². The lowest BCUT2D eigenvalue weighted by molar-refractivity contribution is -0.0505. The number of benzene rings is 1. The van der Waals surface area contributed by atoms with Crippen molar-refractivity contribution in [1.82, 2.24) is 10.6 Å². The third-order valence-electron chi connectivity index (χ3n) is 5.02. The first kappa shape index (κ1) is 17.6. The lowest BCUT2D eigenvalue weighted by Crippen LogP contribution is -2.50. The van der Waals surface area contributed by atoms with Gasteiger partial charge in [-0.25, -0.2) is 0 Å². The van der Waals surface area contributed by atoms with Crippen LogP contribution in [0.1, 0.15) is 30.4 Å². The summed E-state index contributed by atoms with van der Waals surface area (Å²) in [5.41, 5.74) is 1.83. The first-order valence-corrected chi connectivity index (χ1v) is 8.72. The minimum absolute atomic E-state index is 0.261. The normalized spacial score (nSPS) is 27.6. The summed E-state index contributed by atoms with van der Waals surface area (Å²) in [6.45, 7) is 2.13. The standard InChI is InChI=1S/C18H26F2N2O2/c1-12-5-6-17(24-18(19)20)13(9-12)10-22-15-4-2-3-14(15)16-11-23-8-7-21-16/h5-6,9,14-16,18,21-22H,2-4,7-8,10-11H2,1H3. The van der Waals surface area contributed by atoms with Crippen LogP contribution in [0.3, 0.4) is 0 Å². The third-order valence-corrected chi connectivity index (χ3v) is 5.02. The minimum Gasteiger partial charge on any atom is -0.434 e. The molecule has 2 N–H and O–H groups in total. The predicted molar refractivity (Wildman–Crippen MR) is 88.4 cm³/mol. The first-order chi connectivity index (χ1) is 11.6. The second-order valence-electron chi connectivity index (χ2n) is 6.71. The second-order valence-corrected chi connectivity index (χ2v) is 6.71. The number of alkyl halides is 2. The van der Waals surface area contributed by atoms with Crippen LogP contribution in [0.25, 0.3) is 0 Å². The van der Waals surface area contributed by atoms with Gasteiger partial charge in [-0.1, -0.05) is 24.1 Å². The highest BCUT2D eigenvalue weighted by Crippen LogP contribution is 2.30. The van der Waals surface area contributed by atoms with Crippen LogP contribution in [0.5, 0.6) is 5.75 Å². The maximum Gasteiger partial charge on any atom is 0.387 e. The van der Waals surface area contributed by atoms with Gasteiger partial charge < -0.3 is 20.1 Å². The summed E-state index contributed by atoms with van der Waals surface area (Å²) < 4.78 is 35.4. The van der Waals surface area contributed by atoms with Crippen LogP contribution in [-0.2, 0) is 11.3 Å². The fourth-order valence-electron chi connectivity index (χ4n) is 3.88. The minimum atomic E-state index is -2.80. The summed E-state index contributed by atoms with van der Waals surface area (Å²) in [6, 6.07) is 6.10. The van der Waals surface area contributed by atoms with Crippen LogP contribution in [-0.4, -0.2) is 38.5 Å². The second kappa shape index (κ2) is 8.23. The van der Waals surface area contributed by atoms with Gasteiger partial charge in [-0.05, 0) is 31.7 Å². The number of ether oxygens (including phenoxy) is 2. The summed E-state index contributed by atoms with van der Waals surface area (Å²) in [7, 11) is 0. The molecule has 2 fully saturated rings. The van der Waals surface area contributed by atoms with E-state index in [-0.39, 0.29) is 5.75 Å². The van der Waals surface area contributed by atoms with Gasteiger partial charge in [-0.3, -0.25) is 0 Å². The molecule has 1 heterocycles. The highest BCUT2D eigenvalue weighted by molar-refractivity contribution is 5.37. The molecule has 2 aliphatic rings. The summed E-state index contributed by atoms with van der Waals surface area (Å²) in [5, 5.41) is 7.11. The fraction of sp³-hybridized carbons (Fsp3) is 0.667. The van der Waals surface area contributed by atoms with Crippen molar-refractivity contribution in [3.63, 3.8) is 0 Å². The monoisotopic (exact) mass is 340 g/mol. The molecular formula is C18H26F2N2O2. The Morgan fingerprint density at radius 3 is 3.00 bits per heavy atom. The molecule has 3 unspecified atom stereocenters. The van der Waals surface area contributed by atoms with Crippen LogP contribution in [0.15, 0.2) is 18.2 Å². The molecule has 0 aromatic heterocycles. The predicted octanol–water partition coefficient (Wildman–Crippen LogP) is 2.84. The van der Waals surface area contributed by atoms with Crippen molar-refractivity contribution in [3.8, 4) is 5.75 Å². The SMILES string of the molecule is Cc1ccc(OC(F)F)c(CNC2CCCC2C2COCCN2)c1. The Balaban J connectivity index is 1.63. The average molecular weight is 340 g/mol. The molecule has 1 aromatic carbocycles.